The monoisotopic (exact) mass is 233 g/mol. The molecule has 2 aromatic heterocycles. The van der Waals surface area contributed by atoms with Crippen LogP contribution in [0.4, 0.5) is 0 Å². The Bertz CT molecular complexity index is 492. The zero-order valence-corrected chi connectivity index (χ0v) is 10.6. The first kappa shape index (κ1) is 12.1. The van der Waals surface area contributed by atoms with E-state index in [1.165, 1.54) is 5.69 Å². The van der Waals surface area contributed by atoms with E-state index >= 15 is 0 Å². The van der Waals surface area contributed by atoms with Gasteiger partial charge in [-0.05, 0) is 26.0 Å². The molecule has 92 valence electrons. The fraction of sp³-hybridized carbons (Fsp3) is 0.462. The van der Waals surface area contributed by atoms with E-state index in [1.807, 2.05) is 38.2 Å². The summed E-state index contributed by atoms with van der Waals surface area (Å²) >= 11 is 0. The number of rotatable bonds is 5. The van der Waals surface area contributed by atoms with Gasteiger partial charge in [0.2, 0.25) is 0 Å². The summed E-state index contributed by atoms with van der Waals surface area (Å²) in [6.45, 7) is 5.75. The molecule has 0 fully saturated rings. The van der Waals surface area contributed by atoms with Crippen LogP contribution in [-0.2, 0) is 11.3 Å². The van der Waals surface area contributed by atoms with Gasteiger partial charge in [0.25, 0.3) is 0 Å². The molecule has 0 bridgehead atoms. The Labute approximate surface area is 102 Å². The van der Waals surface area contributed by atoms with Crippen molar-refractivity contribution >= 4 is 5.65 Å². The van der Waals surface area contributed by atoms with Gasteiger partial charge in [0, 0.05) is 26.4 Å². The van der Waals surface area contributed by atoms with Crippen LogP contribution in [0.25, 0.3) is 5.65 Å². The summed E-state index contributed by atoms with van der Waals surface area (Å²) in [5.74, 6) is 0. The number of aromatic nitrogens is 2. The van der Waals surface area contributed by atoms with Gasteiger partial charge in [-0.2, -0.15) is 0 Å². The van der Waals surface area contributed by atoms with Crippen molar-refractivity contribution in [2.45, 2.75) is 26.5 Å². The molecule has 4 nitrogen and oxygen atoms in total. The minimum atomic E-state index is 0.231. The predicted octanol–water partition coefficient (Wildman–Crippen LogP) is 1.77. The van der Waals surface area contributed by atoms with Gasteiger partial charge in [-0.1, -0.05) is 6.07 Å². The van der Waals surface area contributed by atoms with Gasteiger partial charge in [-0.25, -0.2) is 4.98 Å². The highest BCUT2D eigenvalue weighted by Gasteiger charge is 2.07. The number of nitrogens with zero attached hydrogens (tertiary/aromatic N) is 2. The summed E-state index contributed by atoms with van der Waals surface area (Å²) in [6, 6.07) is 6.05. The van der Waals surface area contributed by atoms with Gasteiger partial charge in [-0.3, -0.25) is 0 Å². The number of methoxy groups -OCH3 is 1. The van der Waals surface area contributed by atoms with E-state index in [0.717, 1.165) is 24.4 Å². The molecule has 0 aliphatic carbocycles. The van der Waals surface area contributed by atoms with Crippen LogP contribution >= 0.6 is 0 Å². The molecule has 4 heteroatoms. The largest absolute Gasteiger partial charge is 0.380 e. The van der Waals surface area contributed by atoms with Crippen molar-refractivity contribution in [2.24, 2.45) is 0 Å². The lowest BCUT2D eigenvalue weighted by atomic mass is 10.3. The van der Waals surface area contributed by atoms with Gasteiger partial charge in [0.15, 0.2) is 0 Å². The number of aryl methyl sites for hydroxylation is 1. The van der Waals surface area contributed by atoms with E-state index in [2.05, 4.69) is 14.7 Å². The zero-order valence-electron chi connectivity index (χ0n) is 10.6. The Hall–Kier alpha value is -1.39. The van der Waals surface area contributed by atoms with Gasteiger partial charge in [-0.15, -0.1) is 0 Å². The third-order valence-corrected chi connectivity index (χ3v) is 2.96. The molecule has 0 aliphatic heterocycles. The van der Waals surface area contributed by atoms with E-state index in [0.29, 0.717) is 0 Å². The first-order chi connectivity index (χ1) is 8.22. The molecule has 0 aliphatic rings. The second-order valence-corrected chi connectivity index (χ2v) is 4.25. The summed E-state index contributed by atoms with van der Waals surface area (Å²) in [7, 11) is 1.73. The van der Waals surface area contributed by atoms with Gasteiger partial charge < -0.3 is 14.5 Å². The molecule has 1 N–H and O–H groups in total. The SMILES string of the molecule is COC(C)CNCc1c(C)nc2ccccn12. The standard InChI is InChI=1S/C13H19N3O/c1-10(17-3)8-14-9-12-11(2)15-13-6-4-5-7-16(12)13/h4-7,10,14H,8-9H2,1-3H3. The molecule has 2 aromatic rings. The number of fused-ring (bicyclic) bond motifs is 1. The fourth-order valence-corrected chi connectivity index (χ4v) is 1.85. The summed E-state index contributed by atoms with van der Waals surface area (Å²) in [4.78, 5) is 4.52. The van der Waals surface area contributed by atoms with Gasteiger partial charge >= 0.3 is 0 Å². The molecule has 0 amide bonds. The normalized spacial score (nSPS) is 13.1. The van der Waals surface area contributed by atoms with Crippen molar-refractivity contribution < 1.29 is 4.74 Å². The van der Waals surface area contributed by atoms with E-state index in [4.69, 9.17) is 4.74 Å². The van der Waals surface area contributed by atoms with Crippen LogP contribution in [0.5, 0.6) is 0 Å². The molecule has 2 rings (SSSR count). The summed E-state index contributed by atoms with van der Waals surface area (Å²) in [5, 5.41) is 3.39. The second-order valence-electron chi connectivity index (χ2n) is 4.25. The van der Waals surface area contributed by atoms with Gasteiger partial charge in [0.1, 0.15) is 5.65 Å². The van der Waals surface area contributed by atoms with Crippen LogP contribution in [0, 0.1) is 6.92 Å². The zero-order chi connectivity index (χ0) is 12.3. The minimum Gasteiger partial charge on any atom is -0.380 e. The van der Waals surface area contributed by atoms with Crippen molar-refractivity contribution in [3.8, 4) is 0 Å². The number of nitrogens with one attached hydrogen (secondary N) is 1. The molecule has 0 saturated carbocycles. The number of hydrogen-bond donors (Lipinski definition) is 1. The van der Waals surface area contributed by atoms with Crippen LogP contribution in [0.15, 0.2) is 24.4 Å². The lowest BCUT2D eigenvalue weighted by Gasteiger charge is -2.10. The Morgan fingerprint density at radius 1 is 1.47 bits per heavy atom. The molecule has 0 aromatic carbocycles. The highest BCUT2D eigenvalue weighted by Crippen LogP contribution is 2.11. The number of pyridine rings is 1. The Kier molecular flexibility index (Phi) is 3.76. The average Bonchev–Trinajstić information content (AvgIpc) is 2.66. The topological polar surface area (TPSA) is 38.6 Å². The van der Waals surface area contributed by atoms with Crippen LogP contribution in [-0.4, -0.2) is 29.1 Å². The predicted molar refractivity (Wildman–Crippen MR) is 68.1 cm³/mol. The van der Waals surface area contributed by atoms with Crippen molar-refractivity contribution in [3.63, 3.8) is 0 Å². The minimum absolute atomic E-state index is 0.231. The summed E-state index contributed by atoms with van der Waals surface area (Å²) in [5.41, 5.74) is 3.29. The van der Waals surface area contributed by atoms with Crippen LogP contribution in [0.1, 0.15) is 18.3 Å². The highest BCUT2D eigenvalue weighted by molar-refractivity contribution is 5.42. The van der Waals surface area contributed by atoms with Crippen LogP contribution in [0.2, 0.25) is 0 Å². The number of ether oxygens (including phenoxy) is 1. The van der Waals surface area contributed by atoms with Crippen LogP contribution < -0.4 is 5.32 Å². The van der Waals surface area contributed by atoms with E-state index < -0.39 is 0 Å². The molecule has 0 radical (unpaired) electrons. The van der Waals surface area contributed by atoms with E-state index in [9.17, 15) is 0 Å². The highest BCUT2D eigenvalue weighted by atomic mass is 16.5. The fourth-order valence-electron chi connectivity index (χ4n) is 1.85. The molecule has 2 heterocycles. The van der Waals surface area contributed by atoms with Crippen molar-refractivity contribution in [3.05, 3.63) is 35.8 Å². The lowest BCUT2D eigenvalue weighted by molar-refractivity contribution is 0.117. The molecular formula is C13H19N3O. The molecular weight excluding hydrogens is 214 g/mol. The average molecular weight is 233 g/mol. The Balaban J connectivity index is 2.10. The van der Waals surface area contributed by atoms with Crippen LogP contribution in [0.3, 0.4) is 0 Å². The molecule has 1 unspecified atom stereocenters. The first-order valence-corrected chi connectivity index (χ1v) is 5.88. The molecule has 0 saturated heterocycles. The van der Waals surface area contributed by atoms with Crippen molar-refractivity contribution in [1.29, 1.82) is 0 Å². The number of imidazole rings is 1. The van der Waals surface area contributed by atoms with Gasteiger partial charge in [0.05, 0.1) is 17.5 Å². The first-order valence-electron chi connectivity index (χ1n) is 5.88. The van der Waals surface area contributed by atoms with E-state index in [1.54, 1.807) is 7.11 Å². The molecule has 0 spiro atoms. The lowest BCUT2D eigenvalue weighted by Crippen LogP contribution is -2.26. The molecule has 1 atom stereocenters. The van der Waals surface area contributed by atoms with E-state index in [-0.39, 0.29) is 6.10 Å². The third kappa shape index (κ3) is 2.65. The number of hydrogen-bond acceptors (Lipinski definition) is 3. The maximum atomic E-state index is 5.20. The smallest absolute Gasteiger partial charge is 0.137 e. The second kappa shape index (κ2) is 5.29. The van der Waals surface area contributed by atoms with Crippen molar-refractivity contribution in [1.82, 2.24) is 14.7 Å². The Morgan fingerprint density at radius 3 is 3.06 bits per heavy atom. The third-order valence-electron chi connectivity index (χ3n) is 2.96. The summed E-state index contributed by atoms with van der Waals surface area (Å²) in [6.07, 6.45) is 2.28. The molecule has 17 heavy (non-hydrogen) atoms. The quantitative estimate of drug-likeness (QED) is 0.855. The maximum Gasteiger partial charge on any atom is 0.137 e. The summed E-state index contributed by atoms with van der Waals surface area (Å²) < 4.78 is 7.33. The maximum absolute atomic E-state index is 5.20. The van der Waals surface area contributed by atoms with Crippen molar-refractivity contribution in [2.75, 3.05) is 13.7 Å². The Morgan fingerprint density at radius 2 is 2.29 bits per heavy atom.